The average molecular weight is 372 g/mol. The van der Waals surface area contributed by atoms with Crippen molar-refractivity contribution >= 4 is 17.2 Å². The summed E-state index contributed by atoms with van der Waals surface area (Å²) in [5.41, 5.74) is 4.52. The standard InChI is InChI=1S/C21H29N3OS/c1-5-16-6-7-17(22-10-16)11-24-9-8-18-19(13-26-20(18)12-24)21(25)23-15(4)14(2)3/h6-7,10,13-15H,5,8-9,11-12H2,1-4H3,(H,23,25). The Morgan fingerprint density at radius 1 is 1.35 bits per heavy atom. The van der Waals surface area contributed by atoms with Crippen LogP contribution in [0.2, 0.25) is 0 Å². The first-order chi connectivity index (χ1) is 12.5. The van der Waals surface area contributed by atoms with Crippen molar-refractivity contribution in [3.8, 4) is 0 Å². The average Bonchev–Trinajstić information content (AvgIpc) is 3.05. The van der Waals surface area contributed by atoms with Gasteiger partial charge >= 0.3 is 0 Å². The second kappa shape index (κ2) is 8.31. The van der Waals surface area contributed by atoms with Crippen LogP contribution in [0, 0.1) is 5.92 Å². The molecule has 26 heavy (non-hydrogen) atoms. The maximum absolute atomic E-state index is 12.6. The Hall–Kier alpha value is -1.72. The van der Waals surface area contributed by atoms with Crippen LogP contribution < -0.4 is 5.32 Å². The fourth-order valence-electron chi connectivity index (χ4n) is 3.14. The highest BCUT2D eigenvalue weighted by molar-refractivity contribution is 7.10. The summed E-state index contributed by atoms with van der Waals surface area (Å²) in [7, 11) is 0. The van der Waals surface area contributed by atoms with Crippen molar-refractivity contribution in [3.63, 3.8) is 0 Å². The molecular weight excluding hydrogens is 342 g/mol. The van der Waals surface area contributed by atoms with E-state index in [1.165, 1.54) is 16.0 Å². The Morgan fingerprint density at radius 3 is 2.81 bits per heavy atom. The second-order valence-corrected chi connectivity index (χ2v) is 8.49. The molecule has 3 heterocycles. The summed E-state index contributed by atoms with van der Waals surface area (Å²) >= 11 is 1.71. The predicted molar refractivity (Wildman–Crippen MR) is 108 cm³/mol. The third-order valence-electron chi connectivity index (χ3n) is 5.31. The smallest absolute Gasteiger partial charge is 0.252 e. The number of nitrogens with one attached hydrogen (secondary N) is 1. The number of hydrogen-bond acceptors (Lipinski definition) is 4. The quantitative estimate of drug-likeness (QED) is 0.833. The molecule has 0 saturated heterocycles. The first-order valence-electron chi connectivity index (χ1n) is 9.54. The summed E-state index contributed by atoms with van der Waals surface area (Å²) in [4.78, 5) is 20.9. The molecule has 5 heteroatoms. The van der Waals surface area contributed by atoms with Gasteiger partial charge in [-0.2, -0.15) is 0 Å². The Morgan fingerprint density at radius 2 is 2.15 bits per heavy atom. The summed E-state index contributed by atoms with van der Waals surface area (Å²) in [5, 5.41) is 5.17. The summed E-state index contributed by atoms with van der Waals surface area (Å²) in [6.07, 6.45) is 3.94. The van der Waals surface area contributed by atoms with Crippen molar-refractivity contribution in [2.45, 2.75) is 59.7 Å². The molecule has 2 aromatic rings. The number of fused-ring (bicyclic) bond motifs is 1. The Kier molecular flexibility index (Phi) is 6.09. The first-order valence-corrected chi connectivity index (χ1v) is 10.4. The van der Waals surface area contributed by atoms with Gasteiger partial charge in [-0.15, -0.1) is 11.3 Å². The number of carbonyl (C=O) groups is 1. The molecule has 1 unspecified atom stereocenters. The number of hydrogen-bond donors (Lipinski definition) is 1. The van der Waals surface area contributed by atoms with Gasteiger partial charge in [-0.3, -0.25) is 14.7 Å². The third-order valence-corrected chi connectivity index (χ3v) is 6.32. The van der Waals surface area contributed by atoms with Gasteiger partial charge in [-0.05, 0) is 42.9 Å². The van der Waals surface area contributed by atoms with E-state index in [4.69, 9.17) is 0 Å². The summed E-state index contributed by atoms with van der Waals surface area (Å²) in [6.45, 7) is 11.2. The molecule has 0 saturated carbocycles. The molecule has 1 amide bonds. The predicted octanol–water partition coefficient (Wildman–Crippen LogP) is 4.04. The van der Waals surface area contributed by atoms with Gasteiger partial charge in [0, 0.05) is 42.1 Å². The molecule has 0 spiro atoms. The molecule has 4 nitrogen and oxygen atoms in total. The van der Waals surface area contributed by atoms with Crippen molar-refractivity contribution in [3.05, 3.63) is 51.0 Å². The van der Waals surface area contributed by atoms with Crippen molar-refractivity contribution < 1.29 is 4.79 Å². The highest BCUT2D eigenvalue weighted by Gasteiger charge is 2.25. The highest BCUT2D eigenvalue weighted by atomic mass is 32.1. The number of pyridine rings is 1. The lowest BCUT2D eigenvalue weighted by Crippen LogP contribution is -2.37. The molecule has 0 radical (unpaired) electrons. The fourth-order valence-corrected chi connectivity index (χ4v) is 4.27. The second-order valence-electron chi connectivity index (χ2n) is 7.53. The van der Waals surface area contributed by atoms with Crippen LogP contribution >= 0.6 is 11.3 Å². The van der Waals surface area contributed by atoms with Crippen molar-refractivity contribution in [1.29, 1.82) is 0 Å². The molecule has 3 rings (SSSR count). The van der Waals surface area contributed by atoms with Crippen LogP contribution in [0.25, 0.3) is 0 Å². The number of aryl methyl sites for hydroxylation is 1. The molecule has 0 aromatic carbocycles. The lowest BCUT2D eigenvalue weighted by Gasteiger charge is -2.27. The molecule has 0 aliphatic carbocycles. The van der Waals surface area contributed by atoms with E-state index in [2.05, 4.69) is 55.0 Å². The normalized spacial score (nSPS) is 15.7. The molecule has 1 aliphatic rings. The molecule has 140 valence electrons. The van der Waals surface area contributed by atoms with Crippen LogP contribution in [-0.2, 0) is 25.9 Å². The Bertz CT molecular complexity index is 751. The molecule has 1 N–H and O–H groups in total. The lowest BCUT2D eigenvalue weighted by atomic mass is 10.0. The minimum Gasteiger partial charge on any atom is -0.349 e. The number of aromatic nitrogens is 1. The third kappa shape index (κ3) is 4.33. The van der Waals surface area contributed by atoms with Gasteiger partial charge in [0.05, 0.1) is 11.3 Å². The van der Waals surface area contributed by atoms with Crippen LogP contribution in [-0.4, -0.2) is 28.4 Å². The Balaban J connectivity index is 1.64. The SMILES string of the molecule is CCc1ccc(CN2CCc3c(C(=O)NC(C)C(C)C)csc3C2)nc1. The minimum absolute atomic E-state index is 0.0778. The molecule has 2 aromatic heterocycles. The highest BCUT2D eigenvalue weighted by Crippen LogP contribution is 2.29. The van der Waals surface area contributed by atoms with Crippen LogP contribution in [0.4, 0.5) is 0 Å². The molecule has 0 bridgehead atoms. The number of amides is 1. The number of carbonyl (C=O) groups excluding carboxylic acids is 1. The van der Waals surface area contributed by atoms with Crippen LogP contribution in [0.5, 0.6) is 0 Å². The maximum Gasteiger partial charge on any atom is 0.252 e. The van der Waals surface area contributed by atoms with Gasteiger partial charge < -0.3 is 5.32 Å². The number of thiophene rings is 1. The van der Waals surface area contributed by atoms with Crippen LogP contribution in [0.15, 0.2) is 23.7 Å². The van der Waals surface area contributed by atoms with Gasteiger partial charge in [0.1, 0.15) is 0 Å². The zero-order chi connectivity index (χ0) is 18.7. The van der Waals surface area contributed by atoms with Crippen LogP contribution in [0.1, 0.15) is 59.8 Å². The van der Waals surface area contributed by atoms with E-state index in [0.29, 0.717) is 5.92 Å². The van der Waals surface area contributed by atoms with Crippen molar-refractivity contribution in [1.82, 2.24) is 15.2 Å². The summed E-state index contributed by atoms with van der Waals surface area (Å²) in [6, 6.07) is 4.49. The van der Waals surface area contributed by atoms with Gasteiger partial charge in [-0.1, -0.05) is 26.8 Å². The number of nitrogens with zero attached hydrogens (tertiary/aromatic N) is 2. The fraction of sp³-hybridized carbons (Fsp3) is 0.524. The van der Waals surface area contributed by atoms with Crippen molar-refractivity contribution in [2.75, 3.05) is 6.54 Å². The van der Waals surface area contributed by atoms with Gasteiger partial charge in [-0.25, -0.2) is 0 Å². The van der Waals surface area contributed by atoms with E-state index in [1.54, 1.807) is 11.3 Å². The van der Waals surface area contributed by atoms with E-state index in [-0.39, 0.29) is 11.9 Å². The molecule has 1 aliphatic heterocycles. The van der Waals surface area contributed by atoms with Crippen molar-refractivity contribution in [2.24, 2.45) is 5.92 Å². The van der Waals surface area contributed by atoms with Gasteiger partial charge in [0.2, 0.25) is 0 Å². The summed E-state index contributed by atoms with van der Waals surface area (Å²) in [5.74, 6) is 0.518. The molecule has 0 fully saturated rings. The number of rotatable bonds is 6. The molecular formula is C21H29N3OS. The zero-order valence-electron chi connectivity index (χ0n) is 16.2. The van der Waals surface area contributed by atoms with E-state index < -0.39 is 0 Å². The largest absolute Gasteiger partial charge is 0.349 e. The van der Waals surface area contributed by atoms with Gasteiger partial charge in [0.15, 0.2) is 0 Å². The lowest BCUT2D eigenvalue weighted by molar-refractivity contribution is 0.0929. The van der Waals surface area contributed by atoms with E-state index in [0.717, 1.165) is 43.7 Å². The maximum atomic E-state index is 12.6. The molecule has 1 atom stereocenters. The van der Waals surface area contributed by atoms with E-state index in [1.807, 2.05) is 11.6 Å². The van der Waals surface area contributed by atoms with Gasteiger partial charge in [0.25, 0.3) is 5.91 Å². The monoisotopic (exact) mass is 371 g/mol. The van der Waals surface area contributed by atoms with E-state index >= 15 is 0 Å². The Labute approximate surface area is 160 Å². The van der Waals surface area contributed by atoms with Crippen LogP contribution in [0.3, 0.4) is 0 Å². The first kappa shape index (κ1) is 19.1. The summed E-state index contributed by atoms with van der Waals surface area (Å²) < 4.78 is 0. The topological polar surface area (TPSA) is 45.2 Å². The van der Waals surface area contributed by atoms with E-state index in [9.17, 15) is 4.79 Å². The minimum atomic E-state index is 0.0778. The zero-order valence-corrected chi connectivity index (χ0v) is 17.0.